The van der Waals surface area contributed by atoms with Gasteiger partial charge in [0.05, 0.1) is 6.61 Å². The summed E-state index contributed by atoms with van der Waals surface area (Å²) in [5.41, 5.74) is 1.45. The molecule has 0 aromatic heterocycles. The highest BCUT2D eigenvalue weighted by atomic mass is 16.5. The Labute approximate surface area is 116 Å². The molecule has 0 aliphatic heterocycles. The zero-order valence-corrected chi connectivity index (χ0v) is 11.1. The summed E-state index contributed by atoms with van der Waals surface area (Å²) in [6.45, 7) is 0.430. The smallest absolute Gasteiger partial charge is 0.332 e. The van der Waals surface area contributed by atoms with Crippen molar-refractivity contribution < 1.29 is 24.5 Å². The van der Waals surface area contributed by atoms with E-state index in [4.69, 9.17) is 14.9 Å². The number of para-hydroxylation sites is 1. The van der Waals surface area contributed by atoms with Gasteiger partial charge in [-0.05, 0) is 6.07 Å². The Balaban J connectivity index is 2.44. The monoisotopic (exact) mass is 282 g/mol. The number of aliphatic carboxylic acids is 1. The second-order valence-electron chi connectivity index (χ2n) is 4.11. The Kier molecular flexibility index (Phi) is 6.48. The molecule has 1 aromatic carbocycles. The Hall–Kier alpha value is -2.12. The molecule has 20 heavy (non-hydrogen) atoms. The second-order valence-corrected chi connectivity index (χ2v) is 4.11. The number of hydrogen-bond donors (Lipinski definition) is 4. The number of carbonyl (C=O) groups is 2. The number of benzene rings is 1. The van der Waals surface area contributed by atoms with Gasteiger partial charge in [0.2, 0.25) is 0 Å². The molecule has 1 atom stereocenters. The third-order valence-electron chi connectivity index (χ3n) is 2.55. The van der Waals surface area contributed by atoms with Crippen LogP contribution in [-0.4, -0.2) is 42.0 Å². The van der Waals surface area contributed by atoms with Crippen LogP contribution in [0.15, 0.2) is 24.3 Å². The lowest BCUT2D eigenvalue weighted by atomic mass is 10.2. The minimum atomic E-state index is -1.48. The molecule has 0 saturated heterocycles. The van der Waals surface area contributed by atoms with Crippen molar-refractivity contribution in [3.63, 3.8) is 0 Å². The standard InChI is InChI=1S/C13H18N2O5/c1-20-8-9-4-2-3-5-10(9)15-13(19)14-7-6-11(16)12(17)18/h2-5,11,16H,6-8H2,1H3,(H,17,18)(H2,14,15,19)/t11-/m0/s1. The van der Waals surface area contributed by atoms with Gasteiger partial charge in [0.15, 0.2) is 6.10 Å². The quantitative estimate of drug-likeness (QED) is 0.591. The van der Waals surface area contributed by atoms with Gasteiger partial charge in [-0.15, -0.1) is 0 Å². The molecule has 0 aliphatic carbocycles. The van der Waals surface area contributed by atoms with Gasteiger partial charge in [-0.1, -0.05) is 18.2 Å². The van der Waals surface area contributed by atoms with Crippen molar-refractivity contribution in [2.24, 2.45) is 0 Å². The Morgan fingerprint density at radius 2 is 2.05 bits per heavy atom. The van der Waals surface area contributed by atoms with Gasteiger partial charge in [-0.2, -0.15) is 0 Å². The molecule has 4 N–H and O–H groups in total. The Morgan fingerprint density at radius 1 is 1.35 bits per heavy atom. The molecule has 0 radical (unpaired) electrons. The van der Waals surface area contributed by atoms with Gasteiger partial charge in [-0.25, -0.2) is 9.59 Å². The molecule has 0 aliphatic rings. The number of nitrogens with one attached hydrogen (secondary N) is 2. The molecule has 2 amide bonds. The van der Waals surface area contributed by atoms with Crippen LogP contribution in [-0.2, 0) is 16.1 Å². The van der Waals surface area contributed by atoms with Crippen molar-refractivity contribution >= 4 is 17.7 Å². The summed E-state index contributed by atoms with van der Waals surface area (Å²) in [7, 11) is 1.56. The van der Waals surface area contributed by atoms with Crippen LogP contribution < -0.4 is 10.6 Å². The summed E-state index contributed by atoms with van der Waals surface area (Å²) in [5, 5.41) is 22.7. The SMILES string of the molecule is COCc1ccccc1NC(=O)NCC[C@H](O)C(=O)O. The number of aliphatic hydroxyl groups excluding tert-OH is 1. The number of ether oxygens (including phenoxy) is 1. The normalized spacial score (nSPS) is 11.7. The first-order valence-corrected chi connectivity index (χ1v) is 6.07. The van der Waals surface area contributed by atoms with Crippen molar-refractivity contribution in [1.29, 1.82) is 0 Å². The molecule has 7 nitrogen and oxygen atoms in total. The number of carboxylic acid groups (broad SMARTS) is 1. The van der Waals surface area contributed by atoms with E-state index in [-0.39, 0.29) is 13.0 Å². The predicted octanol–water partition coefficient (Wildman–Crippen LogP) is 0.790. The maximum atomic E-state index is 11.6. The maximum Gasteiger partial charge on any atom is 0.332 e. The fraction of sp³-hybridized carbons (Fsp3) is 0.385. The molecule has 0 saturated carbocycles. The molecule has 0 fully saturated rings. The third-order valence-corrected chi connectivity index (χ3v) is 2.55. The number of amides is 2. The van der Waals surface area contributed by atoms with E-state index in [2.05, 4.69) is 10.6 Å². The van der Waals surface area contributed by atoms with Crippen LogP contribution in [0, 0.1) is 0 Å². The van der Waals surface area contributed by atoms with Crippen LogP contribution in [0.1, 0.15) is 12.0 Å². The summed E-state index contributed by atoms with van der Waals surface area (Å²) in [6.07, 6.45) is -1.53. The summed E-state index contributed by atoms with van der Waals surface area (Å²) >= 11 is 0. The van der Waals surface area contributed by atoms with E-state index in [1.807, 2.05) is 12.1 Å². The van der Waals surface area contributed by atoms with Crippen LogP contribution in [0.25, 0.3) is 0 Å². The molecule has 110 valence electrons. The largest absolute Gasteiger partial charge is 0.479 e. The first kappa shape index (κ1) is 15.9. The number of urea groups is 1. The van der Waals surface area contributed by atoms with E-state index in [1.165, 1.54) is 0 Å². The van der Waals surface area contributed by atoms with Gasteiger partial charge in [0.25, 0.3) is 0 Å². The number of rotatable bonds is 7. The number of carboxylic acids is 1. The van der Waals surface area contributed by atoms with Gasteiger partial charge < -0.3 is 25.6 Å². The lowest BCUT2D eigenvalue weighted by Crippen LogP contribution is -2.33. The molecular formula is C13H18N2O5. The first-order valence-electron chi connectivity index (χ1n) is 6.07. The molecule has 0 heterocycles. The van der Waals surface area contributed by atoms with Crippen molar-refractivity contribution in [3.8, 4) is 0 Å². The molecule has 0 spiro atoms. The zero-order valence-electron chi connectivity index (χ0n) is 11.1. The molecule has 0 unspecified atom stereocenters. The minimum Gasteiger partial charge on any atom is -0.479 e. The van der Waals surface area contributed by atoms with Crippen molar-refractivity contribution in [2.75, 3.05) is 19.0 Å². The van der Waals surface area contributed by atoms with Crippen LogP contribution >= 0.6 is 0 Å². The van der Waals surface area contributed by atoms with E-state index >= 15 is 0 Å². The summed E-state index contributed by atoms with van der Waals surface area (Å²) in [5.74, 6) is -1.31. The second kappa shape index (κ2) is 8.13. The first-order chi connectivity index (χ1) is 9.54. The lowest BCUT2D eigenvalue weighted by Gasteiger charge is -2.12. The Morgan fingerprint density at radius 3 is 2.70 bits per heavy atom. The van der Waals surface area contributed by atoms with Crippen LogP contribution in [0.5, 0.6) is 0 Å². The van der Waals surface area contributed by atoms with Crippen molar-refractivity contribution in [3.05, 3.63) is 29.8 Å². The van der Waals surface area contributed by atoms with Crippen LogP contribution in [0.4, 0.5) is 10.5 Å². The highest BCUT2D eigenvalue weighted by Gasteiger charge is 2.13. The van der Waals surface area contributed by atoms with Crippen LogP contribution in [0.3, 0.4) is 0 Å². The van der Waals surface area contributed by atoms with E-state index in [1.54, 1.807) is 19.2 Å². The number of hydrogen-bond acceptors (Lipinski definition) is 4. The maximum absolute atomic E-state index is 11.6. The predicted molar refractivity (Wildman–Crippen MR) is 72.4 cm³/mol. The molecule has 1 rings (SSSR count). The number of carbonyl (C=O) groups excluding carboxylic acids is 1. The van der Waals surface area contributed by atoms with E-state index in [9.17, 15) is 9.59 Å². The summed E-state index contributed by atoms with van der Waals surface area (Å²) in [6, 6.07) is 6.71. The zero-order chi connectivity index (χ0) is 15.0. The van der Waals surface area contributed by atoms with E-state index in [0.29, 0.717) is 12.3 Å². The van der Waals surface area contributed by atoms with Crippen LogP contribution in [0.2, 0.25) is 0 Å². The summed E-state index contributed by atoms with van der Waals surface area (Å²) < 4.78 is 5.02. The summed E-state index contributed by atoms with van der Waals surface area (Å²) in [4.78, 5) is 22.0. The highest BCUT2D eigenvalue weighted by molar-refractivity contribution is 5.90. The lowest BCUT2D eigenvalue weighted by molar-refractivity contribution is -0.146. The number of methoxy groups -OCH3 is 1. The van der Waals surface area contributed by atoms with Gasteiger partial charge in [-0.3, -0.25) is 0 Å². The van der Waals surface area contributed by atoms with E-state index < -0.39 is 18.1 Å². The van der Waals surface area contributed by atoms with E-state index in [0.717, 1.165) is 5.56 Å². The van der Waals surface area contributed by atoms with Crippen molar-refractivity contribution in [1.82, 2.24) is 5.32 Å². The molecule has 7 heteroatoms. The van der Waals surface area contributed by atoms with Gasteiger partial charge in [0.1, 0.15) is 0 Å². The molecule has 0 bridgehead atoms. The number of aliphatic hydroxyl groups is 1. The third kappa shape index (κ3) is 5.25. The van der Waals surface area contributed by atoms with Gasteiger partial charge >= 0.3 is 12.0 Å². The highest BCUT2D eigenvalue weighted by Crippen LogP contribution is 2.15. The molecule has 1 aromatic rings. The average Bonchev–Trinajstić information content (AvgIpc) is 2.41. The fourth-order valence-corrected chi connectivity index (χ4v) is 1.54. The van der Waals surface area contributed by atoms with Crippen molar-refractivity contribution in [2.45, 2.75) is 19.1 Å². The topological polar surface area (TPSA) is 108 Å². The number of anilines is 1. The minimum absolute atomic E-state index is 0.0531. The van der Waals surface area contributed by atoms with Gasteiger partial charge in [0, 0.05) is 31.3 Å². The molecular weight excluding hydrogens is 264 g/mol. The Bertz CT molecular complexity index is 464. The fourth-order valence-electron chi connectivity index (χ4n) is 1.54. The average molecular weight is 282 g/mol.